The Hall–Kier alpha value is -1.38. The summed E-state index contributed by atoms with van der Waals surface area (Å²) in [6.45, 7) is 9.14. The van der Waals surface area contributed by atoms with E-state index < -0.39 is 5.97 Å². The van der Waals surface area contributed by atoms with Crippen LogP contribution in [0, 0.1) is 0 Å². The lowest BCUT2D eigenvalue weighted by molar-refractivity contribution is 0.0693. The van der Waals surface area contributed by atoms with Gasteiger partial charge in [0.25, 0.3) is 0 Å². The topological polar surface area (TPSA) is 50.2 Å². The first kappa shape index (κ1) is 45.6. The van der Waals surface area contributed by atoms with Gasteiger partial charge in [-0.15, -0.1) is 0 Å². The minimum Gasteiger partial charge on any atom is -0.478 e. The fourth-order valence-corrected chi connectivity index (χ4v) is 7.72. The van der Waals surface area contributed by atoms with E-state index in [1.807, 2.05) is 0 Å². The van der Waals surface area contributed by atoms with Gasteiger partial charge in [0.1, 0.15) is 0 Å². The molecule has 0 spiro atoms. The molecule has 1 heterocycles. The van der Waals surface area contributed by atoms with Crippen molar-refractivity contribution in [3.8, 4) is 0 Å². The van der Waals surface area contributed by atoms with Crippen molar-refractivity contribution in [2.45, 2.75) is 259 Å². The molecule has 0 saturated carbocycles. The van der Waals surface area contributed by atoms with Crippen LogP contribution in [0.5, 0.6) is 0 Å². The molecule has 0 aliphatic rings. The SMILES string of the molecule is CCCCCCCCCCc1nc(CCCCCCCCCC)c(C(=O)O)c(CCCCCCCCCC)c1CCCCCCCCCC. The average Bonchev–Trinajstić information content (AvgIpc) is 3.09. The van der Waals surface area contributed by atoms with E-state index in [9.17, 15) is 9.90 Å². The van der Waals surface area contributed by atoms with Gasteiger partial charge in [-0.1, -0.05) is 207 Å². The number of nitrogens with zero attached hydrogens (tertiary/aromatic N) is 1. The molecule has 0 fully saturated rings. The molecule has 49 heavy (non-hydrogen) atoms. The molecular weight excluding hydrogens is 599 g/mol. The Kier molecular flexibility index (Phi) is 31.4. The van der Waals surface area contributed by atoms with E-state index in [1.165, 1.54) is 209 Å². The van der Waals surface area contributed by atoms with Crippen LogP contribution in [-0.4, -0.2) is 16.1 Å². The molecular formula is C46H85NO2. The fourth-order valence-electron chi connectivity index (χ4n) is 7.72. The molecule has 0 radical (unpaired) electrons. The van der Waals surface area contributed by atoms with Crippen LogP contribution in [0.1, 0.15) is 266 Å². The predicted molar refractivity (Wildman–Crippen MR) is 216 cm³/mol. The van der Waals surface area contributed by atoms with Crippen LogP contribution < -0.4 is 0 Å². The number of carboxylic acid groups (broad SMARTS) is 1. The molecule has 0 bridgehead atoms. The van der Waals surface area contributed by atoms with Crippen molar-refractivity contribution in [1.29, 1.82) is 0 Å². The third-order valence-corrected chi connectivity index (χ3v) is 10.9. The Bertz CT molecular complexity index is 894. The summed E-state index contributed by atoms with van der Waals surface area (Å²) in [4.78, 5) is 18.4. The zero-order valence-electron chi connectivity index (χ0n) is 33.8. The lowest BCUT2D eigenvalue weighted by atomic mass is 9.88. The first-order valence-electron chi connectivity index (χ1n) is 22.4. The molecule has 0 aliphatic carbocycles. The van der Waals surface area contributed by atoms with Crippen LogP contribution in [0.25, 0.3) is 0 Å². The number of hydrogen-bond acceptors (Lipinski definition) is 2. The second-order valence-electron chi connectivity index (χ2n) is 15.5. The van der Waals surface area contributed by atoms with Crippen molar-refractivity contribution >= 4 is 5.97 Å². The van der Waals surface area contributed by atoms with Crippen molar-refractivity contribution in [2.75, 3.05) is 0 Å². The lowest BCUT2D eigenvalue weighted by Gasteiger charge is -2.21. The zero-order valence-corrected chi connectivity index (χ0v) is 33.8. The summed E-state index contributed by atoms with van der Waals surface area (Å²) in [5, 5.41) is 10.7. The van der Waals surface area contributed by atoms with Gasteiger partial charge in [-0.25, -0.2) is 4.79 Å². The largest absolute Gasteiger partial charge is 0.478 e. The highest BCUT2D eigenvalue weighted by molar-refractivity contribution is 5.91. The van der Waals surface area contributed by atoms with Gasteiger partial charge in [0.15, 0.2) is 0 Å². The van der Waals surface area contributed by atoms with E-state index >= 15 is 0 Å². The summed E-state index contributed by atoms with van der Waals surface area (Å²) in [6.07, 6.45) is 45.2. The van der Waals surface area contributed by atoms with Gasteiger partial charge in [-0.3, -0.25) is 4.98 Å². The number of unbranched alkanes of at least 4 members (excludes halogenated alkanes) is 28. The molecule has 3 heteroatoms. The van der Waals surface area contributed by atoms with Gasteiger partial charge < -0.3 is 5.11 Å². The summed E-state index contributed by atoms with van der Waals surface area (Å²) in [6, 6.07) is 0. The monoisotopic (exact) mass is 684 g/mol. The van der Waals surface area contributed by atoms with Gasteiger partial charge in [-0.05, 0) is 62.5 Å². The highest BCUT2D eigenvalue weighted by Crippen LogP contribution is 2.29. The summed E-state index contributed by atoms with van der Waals surface area (Å²) in [5.41, 5.74) is 5.29. The molecule has 0 atom stereocenters. The number of aromatic nitrogens is 1. The highest BCUT2D eigenvalue weighted by Gasteiger charge is 2.23. The van der Waals surface area contributed by atoms with E-state index in [2.05, 4.69) is 27.7 Å². The van der Waals surface area contributed by atoms with Crippen molar-refractivity contribution in [3.63, 3.8) is 0 Å². The molecule has 286 valence electrons. The number of rotatable bonds is 37. The van der Waals surface area contributed by atoms with E-state index in [1.54, 1.807) is 0 Å². The molecule has 0 saturated heterocycles. The van der Waals surface area contributed by atoms with E-state index in [-0.39, 0.29) is 0 Å². The van der Waals surface area contributed by atoms with Crippen LogP contribution in [0.15, 0.2) is 0 Å². The molecule has 1 aromatic heterocycles. The summed E-state index contributed by atoms with van der Waals surface area (Å²) in [7, 11) is 0. The standard InChI is InChI=1S/C46H85NO2/c1-5-9-13-17-21-25-29-33-37-41-42(38-34-30-26-22-18-14-10-6-2)45(46(48)49)44(40-36-32-28-24-20-16-12-8-4)47-43(41)39-35-31-27-23-19-15-11-7-3/h5-40H2,1-4H3,(H,48,49). The van der Waals surface area contributed by atoms with Gasteiger partial charge in [0, 0.05) is 5.69 Å². The molecule has 1 rings (SSSR count). The van der Waals surface area contributed by atoms with E-state index in [0.29, 0.717) is 5.56 Å². The van der Waals surface area contributed by atoms with Crippen molar-refractivity contribution in [2.24, 2.45) is 0 Å². The van der Waals surface area contributed by atoms with Gasteiger partial charge in [-0.2, -0.15) is 0 Å². The Morgan fingerprint density at radius 1 is 0.367 bits per heavy atom. The average molecular weight is 684 g/mol. The normalized spacial score (nSPS) is 11.5. The van der Waals surface area contributed by atoms with Crippen LogP contribution in [0.2, 0.25) is 0 Å². The predicted octanol–water partition coefficient (Wildman–Crippen LogP) is 15.5. The van der Waals surface area contributed by atoms with Crippen LogP contribution in [-0.2, 0) is 25.7 Å². The van der Waals surface area contributed by atoms with Gasteiger partial charge >= 0.3 is 5.97 Å². The maximum Gasteiger partial charge on any atom is 0.337 e. The third-order valence-electron chi connectivity index (χ3n) is 10.9. The minimum atomic E-state index is -0.729. The lowest BCUT2D eigenvalue weighted by Crippen LogP contribution is -2.16. The number of aromatic carboxylic acids is 1. The second kappa shape index (κ2) is 33.7. The quantitative estimate of drug-likeness (QED) is 0.0710. The van der Waals surface area contributed by atoms with Crippen molar-refractivity contribution < 1.29 is 9.90 Å². The van der Waals surface area contributed by atoms with Crippen LogP contribution in [0.4, 0.5) is 0 Å². The fraction of sp³-hybridized carbons (Fsp3) is 0.870. The molecule has 0 aliphatic heterocycles. The Labute approximate surface area is 307 Å². The molecule has 0 amide bonds. The Balaban J connectivity index is 3.12. The number of aryl methyl sites for hydroxylation is 2. The van der Waals surface area contributed by atoms with Gasteiger partial charge in [0.2, 0.25) is 0 Å². The van der Waals surface area contributed by atoms with E-state index in [0.717, 1.165) is 44.2 Å². The first-order valence-corrected chi connectivity index (χ1v) is 22.4. The van der Waals surface area contributed by atoms with E-state index in [4.69, 9.17) is 4.98 Å². The van der Waals surface area contributed by atoms with Crippen molar-refractivity contribution in [3.05, 3.63) is 28.1 Å². The number of pyridine rings is 1. The minimum absolute atomic E-state index is 0.597. The smallest absolute Gasteiger partial charge is 0.337 e. The number of hydrogen-bond donors (Lipinski definition) is 1. The van der Waals surface area contributed by atoms with Crippen LogP contribution >= 0.6 is 0 Å². The zero-order chi connectivity index (χ0) is 35.6. The Morgan fingerprint density at radius 3 is 0.959 bits per heavy atom. The summed E-state index contributed by atoms with van der Waals surface area (Å²) in [5.74, 6) is -0.729. The first-order chi connectivity index (χ1) is 24.1. The van der Waals surface area contributed by atoms with Gasteiger partial charge in [0.05, 0.1) is 11.3 Å². The number of carbonyl (C=O) groups is 1. The van der Waals surface area contributed by atoms with Crippen molar-refractivity contribution in [1.82, 2.24) is 4.98 Å². The molecule has 3 nitrogen and oxygen atoms in total. The number of carboxylic acids is 1. The maximum absolute atomic E-state index is 13.0. The molecule has 0 unspecified atom stereocenters. The Morgan fingerprint density at radius 2 is 0.633 bits per heavy atom. The second-order valence-corrected chi connectivity index (χ2v) is 15.5. The molecule has 1 aromatic rings. The molecule has 0 aromatic carbocycles. The summed E-state index contributed by atoms with van der Waals surface area (Å²) >= 11 is 0. The van der Waals surface area contributed by atoms with Crippen LogP contribution in [0.3, 0.4) is 0 Å². The molecule has 1 N–H and O–H groups in total. The maximum atomic E-state index is 13.0. The summed E-state index contributed by atoms with van der Waals surface area (Å²) < 4.78 is 0. The third kappa shape index (κ3) is 23.7. The highest BCUT2D eigenvalue weighted by atomic mass is 16.4.